The molecule has 1 heterocycles. The van der Waals surface area contributed by atoms with Crippen molar-refractivity contribution >= 4 is 11.6 Å². The fourth-order valence-electron chi connectivity index (χ4n) is 2.25. The van der Waals surface area contributed by atoms with Gasteiger partial charge in [-0.25, -0.2) is 0 Å². The van der Waals surface area contributed by atoms with Crippen LogP contribution in [0.3, 0.4) is 0 Å². The van der Waals surface area contributed by atoms with Crippen LogP contribution in [-0.2, 0) is 13.5 Å². The number of halogens is 1. The summed E-state index contributed by atoms with van der Waals surface area (Å²) in [6.07, 6.45) is 0.947. The van der Waals surface area contributed by atoms with Crippen molar-refractivity contribution in [2.24, 2.45) is 18.4 Å². The molecule has 116 valence electrons. The lowest BCUT2D eigenvalue weighted by Gasteiger charge is -2.34. The minimum absolute atomic E-state index is 0.135. The first-order valence-corrected chi connectivity index (χ1v) is 7.72. The lowest BCUT2D eigenvalue weighted by atomic mass is 9.77. The molecule has 1 N–H and O–H groups in total. The zero-order valence-electron chi connectivity index (χ0n) is 14.3. The van der Waals surface area contributed by atoms with Crippen LogP contribution in [-0.4, -0.2) is 21.9 Å². The van der Waals surface area contributed by atoms with E-state index in [1.807, 2.05) is 18.7 Å². The Kier molecular flexibility index (Phi) is 5.31. The predicted octanol–water partition coefficient (Wildman–Crippen LogP) is 3.97. The summed E-state index contributed by atoms with van der Waals surface area (Å²) in [7, 11) is 1.98. The third-order valence-electron chi connectivity index (χ3n) is 3.80. The van der Waals surface area contributed by atoms with Crippen molar-refractivity contribution in [2.45, 2.75) is 60.4 Å². The third-order valence-corrected chi connectivity index (χ3v) is 4.30. The second kappa shape index (κ2) is 6.07. The maximum Gasteiger partial charge on any atom is 0.0847 e. The zero-order chi connectivity index (χ0) is 15.7. The van der Waals surface area contributed by atoms with Crippen molar-refractivity contribution < 1.29 is 0 Å². The Hall–Kier alpha value is -0.540. The van der Waals surface area contributed by atoms with Crippen LogP contribution >= 0.6 is 11.6 Å². The average molecular weight is 300 g/mol. The van der Waals surface area contributed by atoms with Crippen LogP contribution in [0, 0.1) is 18.3 Å². The molecule has 0 aliphatic heterocycles. The molecule has 3 nitrogen and oxygen atoms in total. The van der Waals surface area contributed by atoms with Gasteiger partial charge < -0.3 is 5.32 Å². The first kappa shape index (κ1) is 17.5. The number of nitrogens with zero attached hydrogens (tertiary/aromatic N) is 2. The summed E-state index contributed by atoms with van der Waals surface area (Å²) in [5.74, 6) is 0.508. The van der Waals surface area contributed by atoms with Crippen LogP contribution in [0.15, 0.2) is 0 Å². The van der Waals surface area contributed by atoms with Crippen molar-refractivity contribution in [3.8, 4) is 0 Å². The Morgan fingerprint density at radius 1 is 1.20 bits per heavy atom. The van der Waals surface area contributed by atoms with Gasteiger partial charge in [0.25, 0.3) is 0 Å². The fourth-order valence-corrected chi connectivity index (χ4v) is 2.49. The highest BCUT2D eigenvalue weighted by Gasteiger charge is 2.28. The van der Waals surface area contributed by atoms with Gasteiger partial charge >= 0.3 is 0 Å². The van der Waals surface area contributed by atoms with E-state index in [1.165, 1.54) is 0 Å². The second-order valence-corrected chi connectivity index (χ2v) is 8.25. The summed E-state index contributed by atoms with van der Waals surface area (Å²) < 4.78 is 1.92. The molecule has 1 aromatic rings. The summed E-state index contributed by atoms with van der Waals surface area (Å²) in [5, 5.41) is 8.86. The Labute approximate surface area is 129 Å². The molecule has 0 radical (unpaired) electrons. The highest BCUT2D eigenvalue weighted by molar-refractivity contribution is 6.31. The van der Waals surface area contributed by atoms with Crippen LogP contribution in [0.5, 0.6) is 0 Å². The van der Waals surface area contributed by atoms with Crippen LogP contribution < -0.4 is 5.32 Å². The summed E-state index contributed by atoms with van der Waals surface area (Å²) in [6, 6.07) is 0. The van der Waals surface area contributed by atoms with Gasteiger partial charge in [0, 0.05) is 12.6 Å². The average Bonchev–Trinajstić information content (AvgIpc) is 2.46. The van der Waals surface area contributed by atoms with E-state index in [0.29, 0.717) is 5.92 Å². The van der Waals surface area contributed by atoms with Gasteiger partial charge in [0.2, 0.25) is 0 Å². The Bertz CT molecular complexity index is 450. The topological polar surface area (TPSA) is 29.9 Å². The number of aryl methyl sites for hydroxylation is 2. The van der Waals surface area contributed by atoms with E-state index in [9.17, 15) is 0 Å². The van der Waals surface area contributed by atoms with Gasteiger partial charge in [-0.05, 0) is 52.0 Å². The van der Waals surface area contributed by atoms with Gasteiger partial charge in [-0.3, -0.25) is 4.68 Å². The standard InChI is InChI=1S/C16H30ClN3/c1-11-14(17)13(20(8)19-11)9-12(15(2,3)4)10-18-16(5,6)7/h12,18H,9-10H2,1-8H3. The normalized spacial score (nSPS) is 14.7. The van der Waals surface area contributed by atoms with E-state index in [1.54, 1.807) is 0 Å². The van der Waals surface area contributed by atoms with Crippen molar-refractivity contribution in [3.63, 3.8) is 0 Å². The molecular weight excluding hydrogens is 270 g/mol. The molecule has 0 bridgehead atoms. The molecule has 0 aliphatic rings. The molecule has 0 fully saturated rings. The smallest absolute Gasteiger partial charge is 0.0847 e. The first-order valence-electron chi connectivity index (χ1n) is 7.35. The van der Waals surface area contributed by atoms with Crippen LogP contribution in [0.2, 0.25) is 5.02 Å². The number of aromatic nitrogens is 2. The lowest BCUT2D eigenvalue weighted by Crippen LogP contribution is -2.43. The van der Waals surface area contributed by atoms with Gasteiger partial charge in [0.1, 0.15) is 0 Å². The first-order chi connectivity index (χ1) is 8.92. The van der Waals surface area contributed by atoms with Crippen molar-refractivity contribution in [3.05, 3.63) is 16.4 Å². The molecule has 0 saturated carbocycles. The quantitative estimate of drug-likeness (QED) is 0.911. The van der Waals surface area contributed by atoms with Crippen molar-refractivity contribution in [2.75, 3.05) is 6.54 Å². The minimum Gasteiger partial charge on any atom is -0.312 e. The predicted molar refractivity (Wildman–Crippen MR) is 87.4 cm³/mol. The summed E-state index contributed by atoms with van der Waals surface area (Å²) in [5.41, 5.74) is 2.41. The molecule has 4 heteroatoms. The monoisotopic (exact) mass is 299 g/mol. The lowest BCUT2D eigenvalue weighted by molar-refractivity contribution is 0.211. The molecule has 0 spiro atoms. The Morgan fingerprint density at radius 3 is 2.10 bits per heavy atom. The third kappa shape index (κ3) is 4.78. The van der Waals surface area contributed by atoms with E-state index in [2.05, 4.69) is 52.0 Å². The van der Waals surface area contributed by atoms with Crippen LogP contribution in [0.1, 0.15) is 52.9 Å². The molecule has 0 aliphatic carbocycles. The molecule has 1 atom stereocenters. The second-order valence-electron chi connectivity index (χ2n) is 7.87. The van der Waals surface area contributed by atoms with Crippen molar-refractivity contribution in [1.82, 2.24) is 15.1 Å². The van der Waals surface area contributed by atoms with Crippen molar-refractivity contribution in [1.29, 1.82) is 0 Å². The van der Waals surface area contributed by atoms with E-state index >= 15 is 0 Å². The Balaban J connectivity index is 2.91. The summed E-state index contributed by atoms with van der Waals surface area (Å²) in [6.45, 7) is 16.4. The molecule has 0 amide bonds. The molecular formula is C16H30ClN3. The highest BCUT2D eigenvalue weighted by atomic mass is 35.5. The number of hydrogen-bond acceptors (Lipinski definition) is 2. The SMILES string of the molecule is Cc1nn(C)c(CC(CNC(C)(C)C)C(C)(C)C)c1Cl. The van der Waals surface area contributed by atoms with E-state index in [0.717, 1.165) is 29.4 Å². The van der Waals surface area contributed by atoms with E-state index in [-0.39, 0.29) is 11.0 Å². The summed E-state index contributed by atoms with van der Waals surface area (Å²) in [4.78, 5) is 0. The molecule has 1 rings (SSSR count). The van der Waals surface area contributed by atoms with Gasteiger partial charge in [-0.1, -0.05) is 32.4 Å². The number of nitrogens with one attached hydrogen (secondary N) is 1. The molecule has 0 saturated heterocycles. The maximum atomic E-state index is 6.39. The largest absolute Gasteiger partial charge is 0.312 e. The van der Waals surface area contributed by atoms with Crippen LogP contribution in [0.25, 0.3) is 0 Å². The van der Waals surface area contributed by atoms with Gasteiger partial charge in [-0.15, -0.1) is 0 Å². The number of rotatable bonds is 4. The van der Waals surface area contributed by atoms with Gasteiger partial charge in [-0.2, -0.15) is 5.10 Å². The van der Waals surface area contributed by atoms with Gasteiger partial charge in [0.15, 0.2) is 0 Å². The minimum atomic E-state index is 0.135. The molecule has 20 heavy (non-hydrogen) atoms. The van der Waals surface area contributed by atoms with E-state index in [4.69, 9.17) is 11.6 Å². The van der Waals surface area contributed by atoms with Gasteiger partial charge in [0.05, 0.1) is 16.4 Å². The highest BCUT2D eigenvalue weighted by Crippen LogP contribution is 2.31. The fraction of sp³-hybridized carbons (Fsp3) is 0.812. The van der Waals surface area contributed by atoms with E-state index < -0.39 is 0 Å². The molecule has 0 aromatic carbocycles. The molecule has 1 unspecified atom stereocenters. The Morgan fingerprint density at radius 2 is 1.75 bits per heavy atom. The maximum absolute atomic E-state index is 6.39. The summed E-state index contributed by atoms with van der Waals surface area (Å²) >= 11 is 6.39. The molecule has 1 aromatic heterocycles. The van der Waals surface area contributed by atoms with Crippen LogP contribution in [0.4, 0.5) is 0 Å². The zero-order valence-corrected chi connectivity index (χ0v) is 15.0. The number of hydrogen-bond donors (Lipinski definition) is 1.